The molecule has 2 heteroatoms. The van der Waals surface area contributed by atoms with Gasteiger partial charge in [-0.2, -0.15) is 12.6 Å². The van der Waals surface area contributed by atoms with E-state index in [1.165, 1.54) is 24.8 Å². The number of rotatable bonds is 8. The second-order valence-electron chi connectivity index (χ2n) is 5.25. The van der Waals surface area contributed by atoms with E-state index in [4.69, 9.17) is 4.74 Å². The van der Waals surface area contributed by atoms with E-state index < -0.39 is 0 Å². The lowest BCUT2D eigenvalue weighted by Gasteiger charge is -2.19. The minimum absolute atomic E-state index is 0.521. The smallest absolute Gasteiger partial charge is 0.119 e. The topological polar surface area (TPSA) is 9.23 Å². The van der Waals surface area contributed by atoms with Gasteiger partial charge in [-0.05, 0) is 42.2 Å². The van der Waals surface area contributed by atoms with Gasteiger partial charge in [0, 0.05) is 5.92 Å². The van der Waals surface area contributed by atoms with E-state index in [1.807, 2.05) is 0 Å². The first-order chi connectivity index (χ1) is 8.67. The molecule has 0 amide bonds. The molecular formula is C16H26OS. The summed E-state index contributed by atoms with van der Waals surface area (Å²) in [5.41, 5.74) is 1.40. The predicted molar refractivity (Wildman–Crippen MR) is 82.7 cm³/mol. The van der Waals surface area contributed by atoms with Crippen molar-refractivity contribution >= 4 is 12.6 Å². The molecule has 0 radical (unpaired) electrons. The first kappa shape index (κ1) is 15.4. The summed E-state index contributed by atoms with van der Waals surface area (Å²) >= 11 is 4.38. The molecule has 1 atom stereocenters. The fourth-order valence-electron chi connectivity index (χ4n) is 1.79. The van der Waals surface area contributed by atoms with Crippen molar-refractivity contribution in [3.63, 3.8) is 0 Å². The fourth-order valence-corrected chi connectivity index (χ4v) is 2.32. The van der Waals surface area contributed by atoms with Crippen LogP contribution in [0.1, 0.15) is 39.2 Å². The summed E-state index contributed by atoms with van der Waals surface area (Å²) in [5, 5.41) is 0. The molecule has 0 bridgehead atoms. The lowest BCUT2D eigenvalue weighted by atomic mass is 9.99. The highest BCUT2D eigenvalue weighted by Gasteiger charge is 2.12. The van der Waals surface area contributed by atoms with Crippen molar-refractivity contribution in [2.75, 3.05) is 12.4 Å². The predicted octanol–water partition coefficient (Wildman–Crippen LogP) is 4.61. The molecule has 0 aliphatic carbocycles. The quantitative estimate of drug-likeness (QED) is 0.676. The van der Waals surface area contributed by atoms with Crippen molar-refractivity contribution in [1.29, 1.82) is 0 Å². The molecule has 1 aromatic rings. The van der Waals surface area contributed by atoms with Crippen molar-refractivity contribution in [2.45, 2.75) is 40.0 Å². The number of benzene rings is 1. The first-order valence-electron chi connectivity index (χ1n) is 7.00. The van der Waals surface area contributed by atoms with Crippen molar-refractivity contribution < 1.29 is 4.74 Å². The van der Waals surface area contributed by atoms with E-state index in [0.717, 1.165) is 18.1 Å². The molecule has 18 heavy (non-hydrogen) atoms. The number of aryl methyl sites for hydroxylation is 1. The Kier molecular flexibility index (Phi) is 7.26. The van der Waals surface area contributed by atoms with Crippen molar-refractivity contribution in [1.82, 2.24) is 0 Å². The third-order valence-electron chi connectivity index (χ3n) is 3.38. The summed E-state index contributed by atoms with van der Waals surface area (Å²) < 4.78 is 5.83. The van der Waals surface area contributed by atoms with Gasteiger partial charge in [0.25, 0.3) is 0 Å². The Balaban J connectivity index is 2.43. The summed E-state index contributed by atoms with van der Waals surface area (Å²) in [7, 11) is 0. The maximum Gasteiger partial charge on any atom is 0.119 e. The minimum atomic E-state index is 0.521. The summed E-state index contributed by atoms with van der Waals surface area (Å²) in [6.45, 7) is 7.42. The van der Waals surface area contributed by atoms with Gasteiger partial charge in [0.1, 0.15) is 5.75 Å². The fraction of sp³-hybridized carbons (Fsp3) is 0.625. The molecule has 1 aromatic carbocycles. The Hall–Kier alpha value is -0.630. The molecule has 1 rings (SSSR count). The molecule has 0 saturated carbocycles. The van der Waals surface area contributed by atoms with Gasteiger partial charge in [0.05, 0.1) is 6.61 Å². The summed E-state index contributed by atoms with van der Waals surface area (Å²) in [4.78, 5) is 0. The normalized spacial score (nSPS) is 12.7. The highest BCUT2D eigenvalue weighted by Crippen LogP contribution is 2.18. The molecule has 0 aliphatic heterocycles. The first-order valence-corrected chi connectivity index (χ1v) is 7.63. The van der Waals surface area contributed by atoms with E-state index >= 15 is 0 Å². The SMILES string of the molecule is CCCCc1ccc(OCC(CS)C(C)C)cc1. The molecule has 1 nitrogen and oxygen atoms in total. The third kappa shape index (κ3) is 5.34. The van der Waals surface area contributed by atoms with E-state index in [2.05, 4.69) is 57.7 Å². The molecule has 0 spiro atoms. The number of unbranched alkanes of at least 4 members (excludes halogenated alkanes) is 1. The summed E-state index contributed by atoms with van der Waals surface area (Å²) in [6, 6.07) is 8.52. The number of hydrogen-bond donors (Lipinski definition) is 1. The third-order valence-corrected chi connectivity index (χ3v) is 3.85. The van der Waals surface area contributed by atoms with E-state index in [1.54, 1.807) is 0 Å². The molecule has 0 heterocycles. The van der Waals surface area contributed by atoms with Crippen LogP contribution in [0.5, 0.6) is 5.75 Å². The molecule has 0 fully saturated rings. The van der Waals surface area contributed by atoms with Crippen molar-refractivity contribution in [3.8, 4) is 5.75 Å². The van der Waals surface area contributed by atoms with Crippen LogP contribution in [0.15, 0.2) is 24.3 Å². The van der Waals surface area contributed by atoms with Crippen LogP contribution in [-0.2, 0) is 6.42 Å². The monoisotopic (exact) mass is 266 g/mol. The van der Waals surface area contributed by atoms with Gasteiger partial charge in [-0.15, -0.1) is 0 Å². The number of thiol groups is 1. The molecule has 0 N–H and O–H groups in total. The zero-order valence-electron chi connectivity index (χ0n) is 11.9. The second kappa shape index (κ2) is 8.47. The van der Waals surface area contributed by atoms with Crippen LogP contribution >= 0.6 is 12.6 Å². The Bertz CT molecular complexity index is 318. The molecule has 0 aliphatic rings. The standard InChI is InChI=1S/C16H26OS/c1-4-5-6-14-7-9-16(10-8-14)17-11-15(12-18)13(2)3/h7-10,13,15,18H,4-6,11-12H2,1-3H3. The van der Waals surface area contributed by atoms with E-state index in [9.17, 15) is 0 Å². The largest absolute Gasteiger partial charge is 0.493 e. The average Bonchev–Trinajstić information content (AvgIpc) is 2.38. The maximum atomic E-state index is 5.83. The zero-order valence-corrected chi connectivity index (χ0v) is 12.7. The number of ether oxygens (including phenoxy) is 1. The van der Waals surface area contributed by atoms with Crippen molar-refractivity contribution in [3.05, 3.63) is 29.8 Å². The highest BCUT2D eigenvalue weighted by atomic mass is 32.1. The van der Waals surface area contributed by atoms with Gasteiger partial charge in [-0.25, -0.2) is 0 Å². The Morgan fingerprint density at radius 2 is 1.83 bits per heavy atom. The van der Waals surface area contributed by atoms with Crippen LogP contribution in [-0.4, -0.2) is 12.4 Å². The van der Waals surface area contributed by atoms with Gasteiger partial charge in [-0.3, -0.25) is 0 Å². The van der Waals surface area contributed by atoms with Crippen LogP contribution < -0.4 is 4.74 Å². The number of hydrogen-bond acceptors (Lipinski definition) is 2. The van der Waals surface area contributed by atoms with Crippen LogP contribution in [0.2, 0.25) is 0 Å². The average molecular weight is 266 g/mol. The maximum absolute atomic E-state index is 5.83. The van der Waals surface area contributed by atoms with Gasteiger partial charge in [0.2, 0.25) is 0 Å². The Labute approximate surface area is 117 Å². The van der Waals surface area contributed by atoms with Crippen LogP contribution in [0.3, 0.4) is 0 Å². The van der Waals surface area contributed by atoms with Crippen LogP contribution in [0, 0.1) is 11.8 Å². The van der Waals surface area contributed by atoms with Gasteiger partial charge in [-0.1, -0.05) is 39.3 Å². The summed E-state index contributed by atoms with van der Waals surface area (Å²) in [6.07, 6.45) is 3.67. The molecule has 0 saturated heterocycles. The summed E-state index contributed by atoms with van der Waals surface area (Å²) in [5.74, 6) is 2.99. The van der Waals surface area contributed by atoms with Crippen LogP contribution in [0.4, 0.5) is 0 Å². The van der Waals surface area contributed by atoms with Crippen molar-refractivity contribution in [2.24, 2.45) is 11.8 Å². The lowest BCUT2D eigenvalue weighted by molar-refractivity contribution is 0.227. The van der Waals surface area contributed by atoms with Gasteiger partial charge < -0.3 is 4.74 Å². The second-order valence-corrected chi connectivity index (χ2v) is 5.61. The molecule has 102 valence electrons. The molecular weight excluding hydrogens is 240 g/mol. The van der Waals surface area contributed by atoms with Gasteiger partial charge in [0.15, 0.2) is 0 Å². The molecule has 0 aromatic heterocycles. The Morgan fingerprint density at radius 1 is 1.17 bits per heavy atom. The zero-order chi connectivity index (χ0) is 13.4. The Morgan fingerprint density at radius 3 is 2.33 bits per heavy atom. The highest BCUT2D eigenvalue weighted by molar-refractivity contribution is 7.80. The van der Waals surface area contributed by atoms with E-state index in [0.29, 0.717) is 11.8 Å². The molecule has 1 unspecified atom stereocenters. The van der Waals surface area contributed by atoms with Crippen LogP contribution in [0.25, 0.3) is 0 Å². The minimum Gasteiger partial charge on any atom is -0.493 e. The van der Waals surface area contributed by atoms with Gasteiger partial charge >= 0.3 is 0 Å². The van der Waals surface area contributed by atoms with E-state index in [-0.39, 0.29) is 0 Å². The lowest BCUT2D eigenvalue weighted by Crippen LogP contribution is -2.19.